The maximum absolute atomic E-state index is 13.0. The van der Waals surface area contributed by atoms with Crippen LogP contribution in [0.25, 0.3) is 10.8 Å². The number of sulfonamides is 1. The maximum Gasteiger partial charge on any atom is 0.241 e. The molecule has 2 N–H and O–H groups in total. The molecule has 0 aliphatic rings. The lowest BCUT2D eigenvalue weighted by Gasteiger charge is -2.15. The molecular formula is C21H22N2O5S. The van der Waals surface area contributed by atoms with E-state index < -0.39 is 10.0 Å². The molecule has 0 saturated carbocycles. The van der Waals surface area contributed by atoms with E-state index in [-0.39, 0.29) is 17.3 Å². The third kappa shape index (κ3) is 4.33. The first-order chi connectivity index (χ1) is 13.9. The van der Waals surface area contributed by atoms with Crippen LogP contribution in [0, 0.1) is 0 Å². The summed E-state index contributed by atoms with van der Waals surface area (Å²) in [5.74, 6) is 0.770. The van der Waals surface area contributed by atoms with Crippen molar-refractivity contribution in [3.05, 3.63) is 60.2 Å². The molecule has 0 spiro atoms. The Bertz CT molecular complexity index is 1160. The van der Waals surface area contributed by atoms with Crippen molar-refractivity contribution in [1.82, 2.24) is 4.72 Å². The number of para-hydroxylation sites is 1. The van der Waals surface area contributed by atoms with Crippen LogP contribution in [0.1, 0.15) is 12.5 Å². The minimum atomic E-state index is -3.83. The van der Waals surface area contributed by atoms with Gasteiger partial charge in [-0.15, -0.1) is 0 Å². The van der Waals surface area contributed by atoms with Crippen LogP contribution in [0.2, 0.25) is 0 Å². The Morgan fingerprint density at radius 1 is 0.931 bits per heavy atom. The third-order valence-corrected chi connectivity index (χ3v) is 5.88. The van der Waals surface area contributed by atoms with E-state index in [1.807, 2.05) is 0 Å². The third-order valence-electron chi connectivity index (χ3n) is 4.42. The number of hydrogen-bond acceptors (Lipinski definition) is 5. The average Bonchev–Trinajstić information content (AvgIpc) is 2.71. The SMILES string of the molecule is COc1cccc(CNS(=O)(=O)c2cccc3c(NC(C)=O)cccc23)c1OC. The van der Waals surface area contributed by atoms with E-state index in [0.717, 1.165) is 0 Å². The molecule has 29 heavy (non-hydrogen) atoms. The average molecular weight is 414 g/mol. The number of methoxy groups -OCH3 is 2. The highest BCUT2D eigenvalue weighted by Gasteiger charge is 2.19. The first-order valence-corrected chi connectivity index (χ1v) is 10.3. The molecule has 152 valence electrons. The van der Waals surface area contributed by atoms with Crippen LogP contribution in [0.4, 0.5) is 5.69 Å². The normalized spacial score (nSPS) is 11.3. The number of amides is 1. The van der Waals surface area contributed by atoms with Crippen molar-refractivity contribution < 1.29 is 22.7 Å². The van der Waals surface area contributed by atoms with E-state index in [9.17, 15) is 13.2 Å². The molecule has 0 bridgehead atoms. The Kier molecular flexibility index (Phi) is 6.05. The highest BCUT2D eigenvalue weighted by molar-refractivity contribution is 7.89. The molecule has 0 heterocycles. The molecule has 0 unspecified atom stereocenters. The Hall–Kier alpha value is -3.10. The number of ether oxygens (including phenoxy) is 2. The number of benzene rings is 3. The molecule has 8 heteroatoms. The molecule has 0 aliphatic heterocycles. The zero-order valence-corrected chi connectivity index (χ0v) is 17.2. The number of rotatable bonds is 7. The van der Waals surface area contributed by atoms with Crippen molar-refractivity contribution in [3.8, 4) is 11.5 Å². The fourth-order valence-electron chi connectivity index (χ4n) is 3.16. The zero-order valence-electron chi connectivity index (χ0n) is 16.4. The predicted octanol–water partition coefficient (Wildman–Crippen LogP) is 3.29. The van der Waals surface area contributed by atoms with Crippen LogP contribution in [0.15, 0.2) is 59.5 Å². The Labute approximate surface area is 169 Å². The molecule has 0 fully saturated rings. The van der Waals surface area contributed by atoms with Crippen molar-refractivity contribution in [3.63, 3.8) is 0 Å². The van der Waals surface area contributed by atoms with Gasteiger partial charge in [-0.1, -0.05) is 36.4 Å². The van der Waals surface area contributed by atoms with Crippen molar-refractivity contribution in [2.75, 3.05) is 19.5 Å². The fraction of sp³-hybridized carbons (Fsp3) is 0.190. The summed E-state index contributed by atoms with van der Waals surface area (Å²) in [6, 6.07) is 15.4. The standard InChI is InChI=1S/C21H22N2O5S/c1-14(24)23-18-10-5-9-17-16(18)8-6-12-20(17)29(25,26)22-13-15-7-4-11-19(27-2)21(15)28-3/h4-12,22H,13H2,1-3H3,(H,23,24). The Morgan fingerprint density at radius 3 is 2.31 bits per heavy atom. The quantitative estimate of drug-likeness (QED) is 0.619. The first kappa shape index (κ1) is 20.6. The van der Waals surface area contributed by atoms with Crippen LogP contribution in [0.3, 0.4) is 0 Å². The highest BCUT2D eigenvalue weighted by atomic mass is 32.2. The van der Waals surface area contributed by atoms with E-state index in [4.69, 9.17) is 9.47 Å². The predicted molar refractivity (Wildman–Crippen MR) is 112 cm³/mol. The van der Waals surface area contributed by atoms with Gasteiger partial charge >= 0.3 is 0 Å². The van der Waals surface area contributed by atoms with Crippen LogP contribution in [-0.2, 0) is 21.4 Å². The number of carbonyl (C=O) groups is 1. The van der Waals surface area contributed by atoms with Gasteiger partial charge in [0.25, 0.3) is 0 Å². The summed E-state index contributed by atoms with van der Waals surface area (Å²) in [6.07, 6.45) is 0. The molecule has 3 rings (SSSR count). The maximum atomic E-state index is 13.0. The van der Waals surface area contributed by atoms with Gasteiger partial charge in [0.15, 0.2) is 11.5 Å². The van der Waals surface area contributed by atoms with E-state index >= 15 is 0 Å². The van der Waals surface area contributed by atoms with Gasteiger partial charge in [-0.05, 0) is 18.2 Å². The molecule has 0 atom stereocenters. The largest absolute Gasteiger partial charge is 0.493 e. The van der Waals surface area contributed by atoms with Gasteiger partial charge in [0.2, 0.25) is 15.9 Å². The van der Waals surface area contributed by atoms with Crippen LogP contribution in [-0.4, -0.2) is 28.5 Å². The smallest absolute Gasteiger partial charge is 0.241 e. The zero-order chi connectivity index (χ0) is 21.0. The lowest BCUT2D eigenvalue weighted by Crippen LogP contribution is -2.24. The number of carbonyl (C=O) groups excluding carboxylic acids is 1. The molecule has 0 aromatic heterocycles. The summed E-state index contributed by atoms with van der Waals surface area (Å²) in [7, 11) is -0.807. The van der Waals surface area contributed by atoms with Gasteiger partial charge in [-0.2, -0.15) is 0 Å². The summed E-state index contributed by atoms with van der Waals surface area (Å²) < 4.78 is 39.3. The summed E-state index contributed by atoms with van der Waals surface area (Å²) >= 11 is 0. The minimum Gasteiger partial charge on any atom is -0.493 e. The van der Waals surface area contributed by atoms with Gasteiger partial charge in [0.1, 0.15) is 0 Å². The van der Waals surface area contributed by atoms with Crippen LogP contribution >= 0.6 is 0 Å². The summed E-state index contributed by atoms with van der Waals surface area (Å²) in [4.78, 5) is 11.6. The van der Waals surface area contributed by atoms with Gasteiger partial charge in [0.05, 0.1) is 19.1 Å². The van der Waals surface area contributed by atoms with E-state index in [1.165, 1.54) is 27.2 Å². The lowest BCUT2D eigenvalue weighted by molar-refractivity contribution is -0.114. The molecule has 0 aliphatic carbocycles. The van der Waals surface area contributed by atoms with Crippen molar-refractivity contribution in [2.45, 2.75) is 18.4 Å². The molecule has 0 saturated heterocycles. The van der Waals surface area contributed by atoms with Crippen molar-refractivity contribution in [2.24, 2.45) is 0 Å². The fourth-order valence-corrected chi connectivity index (χ4v) is 4.38. The first-order valence-electron chi connectivity index (χ1n) is 8.86. The van der Waals surface area contributed by atoms with Gasteiger partial charge in [-0.3, -0.25) is 4.79 Å². The van der Waals surface area contributed by atoms with Gasteiger partial charge in [-0.25, -0.2) is 13.1 Å². The number of nitrogens with one attached hydrogen (secondary N) is 2. The number of anilines is 1. The molecule has 7 nitrogen and oxygen atoms in total. The second-order valence-electron chi connectivity index (χ2n) is 6.32. The summed E-state index contributed by atoms with van der Waals surface area (Å²) in [5, 5.41) is 3.89. The van der Waals surface area contributed by atoms with Gasteiger partial charge in [0, 0.05) is 35.5 Å². The lowest BCUT2D eigenvalue weighted by atomic mass is 10.1. The monoisotopic (exact) mass is 414 g/mol. The van der Waals surface area contributed by atoms with Crippen molar-refractivity contribution in [1.29, 1.82) is 0 Å². The molecule has 3 aromatic carbocycles. The van der Waals surface area contributed by atoms with Crippen LogP contribution < -0.4 is 19.5 Å². The second kappa shape index (κ2) is 8.50. The second-order valence-corrected chi connectivity index (χ2v) is 8.05. The Balaban J connectivity index is 1.97. The summed E-state index contributed by atoms with van der Waals surface area (Å²) in [6.45, 7) is 1.44. The van der Waals surface area contributed by atoms with E-state index in [2.05, 4.69) is 10.0 Å². The number of hydrogen-bond donors (Lipinski definition) is 2. The Morgan fingerprint density at radius 2 is 1.62 bits per heavy atom. The minimum absolute atomic E-state index is 0.0322. The molecule has 0 radical (unpaired) electrons. The van der Waals surface area contributed by atoms with Gasteiger partial charge < -0.3 is 14.8 Å². The highest BCUT2D eigenvalue weighted by Crippen LogP contribution is 2.32. The van der Waals surface area contributed by atoms with E-state index in [1.54, 1.807) is 48.5 Å². The molecule has 3 aromatic rings. The van der Waals surface area contributed by atoms with Crippen LogP contribution in [0.5, 0.6) is 11.5 Å². The van der Waals surface area contributed by atoms with Crippen molar-refractivity contribution >= 4 is 32.4 Å². The van der Waals surface area contributed by atoms with E-state index in [0.29, 0.717) is 33.5 Å². The molecule has 1 amide bonds. The molecular weight excluding hydrogens is 392 g/mol. The number of fused-ring (bicyclic) bond motifs is 1. The topological polar surface area (TPSA) is 93.7 Å². The summed E-state index contributed by atoms with van der Waals surface area (Å²) in [5.41, 5.74) is 1.20.